The lowest BCUT2D eigenvalue weighted by atomic mass is 10.1. The molecule has 7 nitrogen and oxygen atoms in total. The zero-order chi connectivity index (χ0) is 16.7. The van der Waals surface area contributed by atoms with Crippen LogP contribution in [0, 0.1) is 0 Å². The Morgan fingerprint density at radius 2 is 2.04 bits per heavy atom. The Balaban J connectivity index is 1.98. The molecule has 3 rings (SSSR count). The van der Waals surface area contributed by atoms with Crippen LogP contribution in [0.3, 0.4) is 0 Å². The van der Waals surface area contributed by atoms with Crippen molar-refractivity contribution in [1.82, 2.24) is 9.97 Å². The first kappa shape index (κ1) is 16.8. The van der Waals surface area contributed by atoms with Crippen LogP contribution in [0.2, 0.25) is 10.0 Å². The molecule has 1 fully saturated rings. The Kier molecular flexibility index (Phi) is 4.68. The molecule has 1 saturated heterocycles. The van der Waals surface area contributed by atoms with Crippen molar-refractivity contribution >= 4 is 39.9 Å². The van der Waals surface area contributed by atoms with Gasteiger partial charge in [-0.15, -0.1) is 0 Å². The minimum atomic E-state index is -1.44. The molecule has 0 amide bonds. The highest BCUT2D eigenvalue weighted by Gasteiger charge is 2.31. The van der Waals surface area contributed by atoms with Crippen molar-refractivity contribution in [3.8, 4) is 0 Å². The zero-order valence-corrected chi connectivity index (χ0v) is 13.8. The number of nitrogens with one attached hydrogen (secondary N) is 1. The van der Waals surface area contributed by atoms with Crippen LogP contribution in [0.15, 0.2) is 6.07 Å². The summed E-state index contributed by atoms with van der Waals surface area (Å²) >= 11 is 12.4. The number of aromatic nitrogens is 2. The molecule has 2 unspecified atom stereocenters. The van der Waals surface area contributed by atoms with E-state index in [1.807, 2.05) is 4.90 Å². The van der Waals surface area contributed by atoms with Gasteiger partial charge in [0.05, 0.1) is 33.4 Å². The lowest BCUT2D eigenvalue weighted by Gasteiger charge is -2.20. The number of hydrogen-bond acceptors (Lipinski definition) is 6. The van der Waals surface area contributed by atoms with Crippen molar-refractivity contribution in [1.29, 1.82) is 0 Å². The van der Waals surface area contributed by atoms with Gasteiger partial charge >= 0.3 is 0 Å². The second-order valence-corrected chi connectivity index (χ2v) is 6.27. The SMILES string of the molecule is COC[C@@H](O)C(O)C(O)c1nc2cc(Cl)c(Cl)c(N3CC3)c2[nH]1. The van der Waals surface area contributed by atoms with Crippen molar-refractivity contribution in [2.75, 3.05) is 31.7 Å². The number of hydrogen-bond donors (Lipinski definition) is 4. The maximum absolute atomic E-state index is 10.2. The third-order valence-electron chi connectivity index (χ3n) is 3.77. The fourth-order valence-corrected chi connectivity index (χ4v) is 2.91. The first-order valence-corrected chi connectivity index (χ1v) is 7.85. The Bertz CT molecular complexity index is 720. The predicted octanol–water partition coefficient (Wildman–Crippen LogP) is 1.09. The summed E-state index contributed by atoms with van der Waals surface area (Å²) in [5.74, 6) is 0.129. The monoisotopic (exact) mass is 361 g/mol. The molecule has 0 spiro atoms. The van der Waals surface area contributed by atoms with E-state index in [1.54, 1.807) is 6.07 Å². The van der Waals surface area contributed by atoms with Gasteiger partial charge in [0.15, 0.2) is 0 Å². The van der Waals surface area contributed by atoms with Gasteiger partial charge in [0.25, 0.3) is 0 Å². The molecule has 2 heterocycles. The minimum Gasteiger partial charge on any atom is -0.388 e. The molecule has 1 aliphatic heterocycles. The number of fused-ring (bicyclic) bond motifs is 1. The number of aliphatic hydroxyl groups excluding tert-OH is 3. The van der Waals surface area contributed by atoms with Gasteiger partial charge in [0, 0.05) is 20.2 Å². The highest BCUT2D eigenvalue weighted by Crippen LogP contribution is 2.41. The van der Waals surface area contributed by atoms with Gasteiger partial charge in [0.1, 0.15) is 24.1 Å². The number of H-pyrrole nitrogens is 1. The van der Waals surface area contributed by atoms with Crippen molar-refractivity contribution in [3.63, 3.8) is 0 Å². The molecule has 3 atom stereocenters. The molecule has 1 aromatic heterocycles. The average molecular weight is 362 g/mol. The van der Waals surface area contributed by atoms with Crippen molar-refractivity contribution < 1.29 is 20.1 Å². The Hall–Kier alpha value is -1.09. The predicted molar refractivity (Wildman–Crippen MR) is 87.2 cm³/mol. The second kappa shape index (κ2) is 6.43. The summed E-state index contributed by atoms with van der Waals surface area (Å²) in [4.78, 5) is 9.25. The van der Waals surface area contributed by atoms with E-state index >= 15 is 0 Å². The third-order valence-corrected chi connectivity index (χ3v) is 4.54. The number of aliphatic hydroxyl groups is 3. The number of nitrogens with zero attached hydrogens (tertiary/aromatic N) is 2. The average Bonchev–Trinajstić information content (AvgIpc) is 3.26. The lowest BCUT2D eigenvalue weighted by molar-refractivity contribution is -0.0856. The fourth-order valence-electron chi connectivity index (χ4n) is 2.45. The van der Waals surface area contributed by atoms with Crippen LogP contribution in [-0.4, -0.2) is 64.3 Å². The Morgan fingerprint density at radius 3 is 2.65 bits per heavy atom. The van der Waals surface area contributed by atoms with Gasteiger partial charge in [-0.3, -0.25) is 0 Å². The molecule has 2 aromatic rings. The summed E-state index contributed by atoms with van der Waals surface area (Å²) in [6, 6.07) is 1.59. The van der Waals surface area contributed by atoms with Crippen LogP contribution in [0.4, 0.5) is 5.69 Å². The number of anilines is 1. The number of benzene rings is 1. The highest BCUT2D eigenvalue weighted by molar-refractivity contribution is 6.45. The number of aromatic amines is 1. The van der Waals surface area contributed by atoms with Crippen LogP contribution < -0.4 is 4.90 Å². The van der Waals surface area contributed by atoms with E-state index in [0.717, 1.165) is 18.8 Å². The van der Waals surface area contributed by atoms with Gasteiger partial charge in [-0.25, -0.2) is 4.98 Å². The molecule has 0 radical (unpaired) electrons. The maximum Gasteiger partial charge on any atom is 0.140 e. The molecule has 0 bridgehead atoms. The molecule has 1 aromatic carbocycles. The standard InChI is InChI=1S/C14H17Cl2N3O4/c1-23-5-8(20)12(21)13(22)14-17-7-4-6(15)9(16)11(10(7)18-14)19-2-3-19/h4,8,12-13,20-22H,2-3,5H2,1H3,(H,17,18)/t8-,12?,13?/m1/s1. The second-order valence-electron chi connectivity index (χ2n) is 5.48. The van der Waals surface area contributed by atoms with Crippen LogP contribution >= 0.6 is 23.2 Å². The first-order valence-electron chi connectivity index (χ1n) is 7.09. The number of imidazole rings is 1. The normalized spacial score (nSPS) is 18.3. The molecule has 0 aliphatic carbocycles. The van der Waals surface area contributed by atoms with E-state index in [2.05, 4.69) is 9.97 Å². The molecule has 1 aliphatic rings. The number of ether oxygens (including phenoxy) is 1. The van der Waals surface area contributed by atoms with Gasteiger partial charge in [0.2, 0.25) is 0 Å². The first-order chi connectivity index (χ1) is 10.9. The van der Waals surface area contributed by atoms with Gasteiger partial charge in [-0.05, 0) is 6.07 Å². The van der Waals surface area contributed by atoms with Crippen LogP contribution in [-0.2, 0) is 4.74 Å². The van der Waals surface area contributed by atoms with E-state index in [-0.39, 0.29) is 12.4 Å². The van der Waals surface area contributed by atoms with E-state index < -0.39 is 18.3 Å². The van der Waals surface area contributed by atoms with Gasteiger partial charge < -0.3 is 29.9 Å². The van der Waals surface area contributed by atoms with Gasteiger partial charge in [-0.1, -0.05) is 23.2 Å². The molecule has 0 saturated carbocycles. The Labute approximate surface area is 142 Å². The molecule has 9 heteroatoms. The molecule has 23 heavy (non-hydrogen) atoms. The summed E-state index contributed by atoms with van der Waals surface area (Å²) in [5.41, 5.74) is 1.90. The van der Waals surface area contributed by atoms with Crippen LogP contribution in [0.5, 0.6) is 0 Å². The summed E-state index contributed by atoms with van der Waals surface area (Å²) in [7, 11) is 1.39. The summed E-state index contributed by atoms with van der Waals surface area (Å²) < 4.78 is 4.77. The van der Waals surface area contributed by atoms with E-state index in [0.29, 0.717) is 21.1 Å². The molecular formula is C14H17Cl2N3O4. The lowest BCUT2D eigenvalue weighted by Crippen LogP contribution is -2.35. The summed E-state index contributed by atoms with van der Waals surface area (Å²) in [6.45, 7) is 1.62. The minimum absolute atomic E-state index is 0.102. The number of halogens is 2. The van der Waals surface area contributed by atoms with E-state index in [9.17, 15) is 15.3 Å². The van der Waals surface area contributed by atoms with Crippen molar-refractivity contribution in [3.05, 3.63) is 21.9 Å². The maximum atomic E-state index is 10.2. The van der Waals surface area contributed by atoms with Gasteiger partial charge in [-0.2, -0.15) is 0 Å². The zero-order valence-electron chi connectivity index (χ0n) is 12.3. The van der Waals surface area contributed by atoms with Crippen LogP contribution in [0.1, 0.15) is 11.9 Å². The highest BCUT2D eigenvalue weighted by atomic mass is 35.5. The summed E-state index contributed by atoms with van der Waals surface area (Å²) in [5, 5.41) is 30.8. The van der Waals surface area contributed by atoms with E-state index in [1.165, 1.54) is 7.11 Å². The van der Waals surface area contributed by atoms with Crippen molar-refractivity contribution in [2.24, 2.45) is 0 Å². The van der Waals surface area contributed by atoms with E-state index in [4.69, 9.17) is 27.9 Å². The molecular weight excluding hydrogens is 345 g/mol. The Morgan fingerprint density at radius 1 is 1.35 bits per heavy atom. The largest absolute Gasteiger partial charge is 0.388 e. The molecule has 126 valence electrons. The van der Waals surface area contributed by atoms with Crippen LogP contribution in [0.25, 0.3) is 11.0 Å². The molecule has 4 N–H and O–H groups in total. The third kappa shape index (κ3) is 3.13. The smallest absolute Gasteiger partial charge is 0.140 e. The number of rotatable bonds is 6. The fraction of sp³-hybridized carbons (Fsp3) is 0.500. The van der Waals surface area contributed by atoms with Crippen molar-refractivity contribution in [2.45, 2.75) is 18.3 Å². The topological polar surface area (TPSA) is 102 Å². The number of methoxy groups -OCH3 is 1. The summed E-state index contributed by atoms with van der Waals surface area (Å²) in [6.07, 6.45) is -4.07. The quantitative estimate of drug-likeness (QED) is 0.574.